The van der Waals surface area contributed by atoms with Gasteiger partial charge in [0.05, 0.1) is 5.69 Å². The highest BCUT2D eigenvalue weighted by molar-refractivity contribution is 5.80. The van der Waals surface area contributed by atoms with E-state index in [-0.39, 0.29) is 18.1 Å². The van der Waals surface area contributed by atoms with E-state index in [1.165, 1.54) is 0 Å². The van der Waals surface area contributed by atoms with Crippen LogP contribution in [0.5, 0.6) is 0 Å². The molecule has 0 saturated heterocycles. The molecule has 2 atom stereocenters. The minimum atomic E-state index is -0.388. The number of nitrogens with one attached hydrogen (secondary N) is 1. The van der Waals surface area contributed by atoms with E-state index in [9.17, 15) is 4.79 Å². The lowest BCUT2D eigenvalue weighted by molar-refractivity contribution is -0.131. The van der Waals surface area contributed by atoms with Crippen molar-refractivity contribution >= 4 is 5.91 Å². The van der Waals surface area contributed by atoms with Crippen LogP contribution in [0.2, 0.25) is 0 Å². The molecule has 2 unspecified atom stereocenters. The Balaban J connectivity index is 1.96. The maximum atomic E-state index is 11.7. The number of fused-ring (bicyclic) bond motifs is 1. The van der Waals surface area contributed by atoms with Gasteiger partial charge in [0.25, 0.3) is 0 Å². The van der Waals surface area contributed by atoms with Crippen LogP contribution in [0.15, 0.2) is 6.20 Å². The standard InChI is InChI=1S/C12H19N3O2/c1-8-6-15-7-10(4-5-11(15)13-8)14-12(16)9(2)17-3/h6,9-10H,4-5,7H2,1-3H3,(H,14,16). The normalized spacial score (nSPS) is 20.8. The maximum Gasteiger partial charge on any atom is 0.249 e. The highest BCUT2D eigenvalue weighted by Crippen LogP contribution is 2.15. The van der Waals surface area contributed by atoms with Gasteiger partial charge in [0.2, 0.25) is 5.91 Å². The minimum absolute atomic E-state index is 0.0437. The van der Waals surface area contributed by atoms with Crippen molar-refractivity contribution in [3.05, 3.63) is 17.7 Å². The lowest BCUT2D eigenvalue weighted by Gasteiger charge is -2.25. The van der Waals surface area contributed by atoms with Crippen molar-refractivity contribution in [1.82, 2.24) is 14.9 Å². The Bertz CT molecular complexity index is 414. The van der Waals surface area contributed by atoms with E-state index in [0.29, 0.717) is 0 Å². The van der Waals surface area contributed by atoms with E-state index in [4.69, 9.17) is 4.74 Å². The average molecular weight is 237 g/mol. The van der Waals surface area contributed by atoms with Crippen LogP contribution in [-0.2, 0) is 22.5 Å². The van der Waals surface area contributed by atoms with Gasteiger partial charge in [0.1, 0.15) is 11.9 Å². The molecular weight excluding hydrogens is 218 g/mol. The number of aromatic nitrogens is 2. The molecular formula is C12H19N3O2. The van der Waals surface area contributed by atoms with Gasteiger partial charge >= 0.3 is 0 Å². The molecule has 1 aliphatic rings. The third-order valence-corrected chi connectivity index (χ3v) is 3.18. The van der Waals surface area contributed by atoms with Gasteiger partial charge in [-0.05, 0) is 20.3 Å². The molecule has 1 aromatic rings. The Kier molecular flexibility index (Phi) is 3.47. The van der Waals surface area contributed by atoms with E-state index in [1.54, 1.807) is 14.0 Å². The van der Waals surface area contributed by atoms with Crippen molar-refractivity contribution < 1.29 is 9.53 Å². The van der Waals surface area contributed by atoms with Crippen molar-refractivity contribution in [2.45, 2.75) is 45.4 Å². The Morgan fingerprint density at radius 1 is 1.71 bits per heavy atom. The molecule has 2 rings (SSSR count). The summed E-state index contributed by atoms with van der Waals surface area (Å²) in [4.78, 5) is 16.1. The predicted octanol–water partition coefficient (Wildman–Crippen LogP) is 0.657. The Morgan fingerprint density at radius 3 is 3.18 bits per heavy atom. The summed E-state index contributed by atoms with van der Waals surface area (Å²) in [6, 6.07) is 0.182. The predicted molar refractivity (Wildman–Crippen MR) is 63.7 cm³/mol. The summed E-state index contributed by atoms with van der Waals surface area (Å²) in [7, 11) is 1.54. The lowest BCUT2D eigenvalue weighted by Crippen LogP contribution is -2.45. The second-order valence-electron chi connectivity index (χ2n) is 4.57. The van der Waals surface area contributed by atoms with Crippen LogP contribution >= 0.6 is 0 Å². The van der Waals surface area contributed by atoms with Crippen molar-refractivity contribution in [2.75, 3.05) is 7.11 Å². The Morgan fingerprint density at radius 2 is 2.47 bits per heavy atom. The third-order valence-electron chi connectivity index (χ3n) is 3.18. The number of carbonyl (C=O) groups excluding carboxylic acids is 1. The van der Waals surface area contributed by atoms with E-state index < -0.39 is 0 Å². The van der Waals surface area contributed by atoms with Gasteiger partial charge in [-0.15, -0.1) is 0 Å². The summed E-state index contributed by atoms with van der Waals surface area (Å²) in [5.41, 5.74) is 1.04. The molecule has 0 aromatic carbocycles. The fraction of sp³-hybridized carbons (Fsp3) is 0.667. The fourth-order valence-electron chi connectivity index (χ4n) is 2.13. The number of aryl methyl sites for hydroxylation is 2. The molecule has 1 N–H and O–H groups in total. The molecule has 1 aromatic heterocycles. The lowest BCUT2D eigenvalue weighted by atomic mass is 10.1. The molecule has 2 heterocycles. The van der Waals surface area contributed by atoms with Crippen LogP contribution in [-0.4, -0.2) is 34.7 Å². The summed E-state index contributed by atoms with van der Waals surface area (Å²) < 4.78 is 7.12. The van der Waals surface area contributed by atoms with Crippen LogP contribution in [0.4, 0.5) is 0 Å². The van der Waals surface area contributed by atoms with Crippen LogP contribution in [0.25, 0.3) is 0 Å². The monoisotopic (exact) mass is 237 g/mol. The van der Waals surface area contributed by atoms with Gasteiger partial charge < -0.3 is 14.6 Å². The van der Waals surface area contributed by atoms with Gasteiger partial charge in [-0.3, -0.25) is 4.79 Å². The summed E-state index contributed by atoms with van der Waals surface area (Å²) in [6.07, 6.45) is 3.51. The number of carbonyl (C=O) groups is 1. The topological polar surface area (TPSA) is 56.1 Å². The molecule has 0 spiro atoms. The minimum Gasteiger partial charge on any atom is -0.372 e. The summed E-state index contributed by atoms with van der Waals surface area (Å²) in [6.45, 7) is 4.55. The number of rotatable bonds is 3. The molecule has 0 fully saturated rings. The number of hydrogen-bond donors (Lipinski definition) is 1. The van der Waals surface area contributed by atoms with E-state index >= 15 is 0 Å². The second-order valence-corrected chi connectivity index (χ2v) is 4.57. The first kappa shape index (κ1) is 12.1. The SMILES string of the molecule is COC(C)C(=O)NC1CCc2nc(C)cn2C1. The second kappa shape index (κ2) is 4.87. The van der Waals surface area contributed by atoms with Gasteiger partial charge in [0, 0.05) is 32.3 Å². The van der Waals surface area contributed by atoms with Gasteiger partial charge in [-0.25, -0.2) is 4.98 Å². The number of ether oxygens (including phenoxy) is 1. The molecule has 5 nitrogen and oxygen atoms in total. The molecule has 1 amide bonds. The molecule has 0 radical (unpaired) electrons. The van der Waals surface area contributed by atoms with E-state index in [2.05, 4.69) is 14.9 Å². The number of nitrogens with zero attached hydrogens (tertiary/aromatic N) is 2. The van der Waals surface area contributed by atoms with Crippen molar-refractivity contribution in [3.8, 4) is 0 Å². The van der Waals surface area contributed by atoms with E-state index in [0.717, 1.165) is 30.9 Å². The molecule has 0 bridgehead atoms. The molecule has 0 aliphatic carbocycles. The molecule has 5 heteroatoms. The highest BCUT2D eigenvalue weighted by atomic mass is 16.5. The van der Waals surface area contributed by atoms with E-state index in [1.807, 2.05) is 13.1 Å². The average Bonchev–Trinajstić information content (AvgIpc) is 2.67. The van der Waals surface area contributed by atoms with Crippen LogP contribution in [0.1, 0.15) is 24.9 Å². The third kappa shape index (κ3) is 2.66. The number of methoxy groups -OCH3 is 1. The molecule has 0 saturated carbocycles. The molecule has 1 aliphatic heterocycles. The van der Waals surface area contributed by atoms with Crippen molar-refractivity contribution in [1.29, 1.82) is 0 Å². The van der Waals surface area contributed by atoms with Gasteiger partial charge in [-0.2, -0.15) is 0 Å². The quantitative estimate of drug-likeness (QED) is 0.840. The zero-order valence-electron chi connectivity index (χ0n) is 10.6. The van der Waals surface area contributed by atoms with Crippen molar-refractivity contribution in [2.24, 2.45) is 0 Å². The van der Waals surface area contributed by atoms with Crippen LogP contribution in [0.3, 0.4) is 0 Å². The molecule has 17 heavy (non-hydrogen) atoms. The smallest absolute Gasteiger partial charge is 0.249 e. The first-order chi connectivity index (χ1) is 8.10. The Hall–Kier alpha value is -1.36. The highest BCUT2D eigenvalue weighted by Gasteiger charge is 2.22. The van der Waals surface area contributed by atoms with Crippen LogP contribution < -0.4 is 5.32 Å². The maximum absolute atomic E-state index is 11.7. The number of amides is 1. The number of hydrogen-bond acceptors (Lipinski definition) is 3. The fourth-order valence-corrected chi connectivity index (χ4v) is 2.13. The summed E-state index contributed by atoms with van der Waals surface area (Å²) in [5, 5.41) is 3.01. The zero-order chi connectivity index (χ0) is 12.4. The summed E-state index contributed by atoms with van der Waals surface area (Å²) >= 11 is 0. The largest absolute Gasteiger partial charge is 0.372 e. The summed E-state index contributed by atoms with van der Waals surface area (Å²) in [5.74, 6) is 1.07. The zero-order valence-corrected chi connectivity index (χ0v) is 10.6. The van der Waals surface area contributed by atoms with Crippen molar-refractivity contribution in [3.63, 3.8) is 0 Å². The Labute approximate surface area is 101 Å². The molecule has 94 valence electrons. The first-order valence-electron chi connectivity index (χ1n) is 5.96. The van der Waals surface area contributed by atoms with Gasteiger partial charge in [0.15, 0.2) is 0 Å². The number of imidazole rings is 1. The first-order valence-corrected chi connectivity index (χ1v) is 5.96. The van der Waals surface area contributed by atoms with Gasteiger partial charge in [-0.1, -0.05) is 0 Å². The van der Waals surface area contributed by atoms with Crippen LogP contribution in [0, 0.1) is 6.92 Å².